The van der Waals surface area contributed by atoms with Gasteiger partial charge in [0.15, 0.2) is 0 Å². The van der Waals surface area contributed by atoms with Gasteiger partial charge < -0.3 is 10.6 Å². The monoisotopic (exact) mass is 261 g/mol. The van der Waals surface area contributed by atoms with Crippen molar-refractivity contribution in [3.8, 4) is 0 Å². The highest BCUT2D eigenvalue weighted by atomic mass is 16.2. The van der Waals surface area contributed by atoms with Crippen molar-refractivity contribution in [3.05, 3.63) is 35.4 Å². The van der Waals surface area contributed by atoms with E-state index in [0.717, 1.165) is 26.1 Å². The van der Waals surface area contributed by atoms with Crippen molar-refractivity contribution in [2.24, 2.45) is 0 Å². The second-order valence-corrected chi connectivity index (χ2v) is 5.19. The Morgan fingerprint density at radius 1 is 1.32 bits per heavy atom. The summed E-state index contributed by atoms with van der Waals surface area (Å²) >= 11 is 0. The van der Waals surface area contributed by atoms with Gasteiger partial charge in [-0.1, -0.05) is 31.2 Å². The predicted octanol–water partition coefficient (Wildman–Crippen LogP) is 2.10. The molecule has 1 aliphatic heterocycles. The molecule has 4 nitrogen and oxygen atoms in total. The number of rotatable bonds is 5. The van der Waals surface area contributed by atoms with Crippen LogP contribution in [0.25, 0.3) is 0 Å². The molecule has 1 aliphatic rings. The number of hydrogen-bond donors (Lipinski definition) is 2. The molecule has 0 saturated carbocycles. The first-order chi connectivity index (χ1) is 9.19. The Balaban J connectivity index is 1.67. The predicted molar refractivity (Wildman–Crippen MR) is 76.8 cm³/mol. The first-order valence-electron chi connectivity index (χ1n) is 7.02. The Morgan fingerprint density at radius 3 is 2.53 bits per heavy atom. The largest absolute Gasteiger partial charge is 0.337 e. The second-order valence-electron chi connectivity index (χ2n) is 5.19. The first-order valence-corrected chi connectivity index (χ1v) is 7.02. The van der Waals surface area contributed by atoms with Gasteiger partial charge in [-0.05, 0) is 24.5 Å². The Labute approximate surface area is 115 Å². The SMILES string of the molecule is CC[C@H](C)NC(=O)NCCN1Cc2ccccc2C1. The number of carbonyl (C=O) groups excluding carboxylic acids is 1. The van der Waals surface area contributed by atoms with Crippen LogP contribution in [-0.2, 0) is 13.1 Å². The minimum absolute atomic E-state index is 0.0638. The van der Waals surface area contributed by atoms with Crippen molar-refractivity contribution in [1.29, 1.82) is 0 Å². The lowest BCUT2D eigenvalue weighted by atomic mass is 10.1. The number of benzene rings is 1. The molecule has 2 amide bonds. The van der Waals surface area contributed by atoms with Crippen LogP contribution in [0.3, 0.4) is 0 Å². The van der Waals surface area contributed by atoms with Gasteiger partial charge in [-0.15, -0.1) is 0 Å². The van der Waals surface area contributed by atoms with E-state index in [1.54, 1.807) is 0 Å². The molecule has 0 aliphatic carbocycles. The normalized spacial score (nSPS) is 15.9. The maximum Gasteiger partial charge on any atom is 0.315 e. The van der Waals surface area contributed by atoms with Crippen LogP contribution in [0.4, 0.5) is 4.79 Å². The van der Waals surface area contributed by atoms with Crippen LogP contribution in [0, 0.1) is 0 Å². The van der Waals surface area contributed by atoms with Gasteiger partial charge in [0.2, 0.25) is 0 Å². The highest BCUT2D eigenvalue weighted by Gasteiger charge is 2.17. The van der Waals surface area contributed by atoms with Crippen molar-refractivity contribution >= 4 is 6.03 Å². The van der Waals surface area contributed by atoms with Crippen molar-refractivity contribution in [2.75, 3.05) is 13.1 Å². The second kappa shape index (κ2) is 6.57. The standard InChI is InChI=1S/C15H23N3O/c1-3-12(2)17-15(19)16-8-9-18-10-13-6-4-5-7-14(13)11-18/h4-7,12H,3,8-11H2,1-2H3,(H2,16,17,19)/t12-/m0/s1. The van der Waals surface area contributed by atoms with Gasteiger partial charge in [-0.25, -0.2) is 4.79 Å². The Kier molecular flexibility index (Phi) is 4.80. The van der Waals surface area contributed by atoms with Crippen molar-refractivity contribution in [1.82, 2.24) is 15.5 Å². The van der Waals surface area contributed by atoms with Crippen LogP contribution >= 0.6 is 0 Å². The van der Waals surface area contributed by atoms with Gasteiger partial charge in [0, 0.05) is 32.2 Å². The molecule has 0 bridgehead atoms. The summed E-state index contributed by atoms with van der Waals surface area (Å²) in [4.78, 5) is 13.9. The summed E-state index contributed by atoms with van der Waals surface area (Å²) < 4.78 is 0. The molecule has 2 N–H and O–H groups in total. The Morgan fingerprint density at radius 2 is 1.95 bits per heavy atom. The summed E-state index contributed by atoms with van der Waals surface area (Å²) in [5.74, 6) is 0. The van der Waals surface area contributed by atoms with Gasteiger partial charge in [-0.3, -0.25) is 4.90 Å². The van der Waals surface area contributed by atoms with E-state index < -0.39 is 0 Å². The third kappa shape index (κ3) is 3.96. The fourth-order valence-electron chi connectivity index (χ4n) is 2.27. The van der Waals surface area contributed by atoms with E-state index in [4.69, 9.17) is 0 Å². The molecule has 0 spiro atoms. The average Bonchev–Trinajstić information content (AvgIpc) is 2.81. The molecular weight excluding hydrogens is 238 g/mol. The molecule has 0 saturated heterocycles. The van der Waals surface area contributed by atoms with Crippen molar-refractivity contribution in [2.45, 2.75) is 39.4 Å². The number of amides is 2. The van der Waals surface area contributed by atoms with Crippen LogP contribution < -0.4 is 10.6 Å². The third-order valence-electron chi connectivity index (χ3n) is 3.61. The minimum Gasteiger partial charge on any atom is -0.337 e. The number of urea groups is 1. The van der Waals surface area contributed by atoms with E-state index in [-0.39, 0.29) is 12.1 Å². The van der Waals surface area contributed by atoms with E-state index in [1.807, 2.05) is 6.92 Å². The molecule has 0 fully saturated rings. The topological polar surface area (TPSA) is 44.4 Å². The molecular formula is C15H23N3O. The summed E-state index contributed by atoms with van der Waals surface area (Å²) in [5, 5.41) is 5.81. The van der Waals surface area contributed by atoms with Crippen LogP contribution in [0.2, 0.25) is 0 Å². The van der Waals surface area contributed by atoms with Gasteiger partial charge in [0.05, 0.1) is 0 Å². The quantitative estimate of drug-likeness (QED) is 0.852. The van der Waals surface area contributed by atoms with E-state index in [0.29, 0.717) is 6.54 Å². The maximum absolute atomic E-state index is 11.6. The van der Waals surface area contributed by atoms with Gasteiger partial charge in [-0.2, -0.15) is 0 Å². The highest BCUT2D eigenvalue weighted by molar-refractivity contribution is 5.74. The summed E-state index contributed by atoms with van der Waals surface area (Å²) in [6.45, 7) is 7.64. The van der Waals surface area contributed by atoms with E-state index >= 15 is 0 Å². The zero-order valence-corrected chi connectivity index (χ0v) is 11.8. The number of carbonyl (C=O) groups is 1. The highest BCUT2D eigenvalue weighted by Crippen LogP contribution is 2.21. The lowest BCUT2D eigenvalue weighted by Crippen LogP contribution is -2.42. The maximum atomic E-state index is 11.6. The number of nitrogens with zero attached hydrogens (tertiary/aromatic N) is 1. The lowest BCUT2D eigenvalue weighted by molar-refractivity contribution is 0.232. The molecule has 4 heteroatoms. The third-order valence-corrected chi connectivity index (χ3v) is 3.61. The molecule has 1 aromatic carbocycles. The summed E-state index contributed by atoms with van der Waals surface area (Å²) in [6.07, 6.45) is 0.953. The molecule has 2 rings (SSSR count). The van der Waals surface area contributed by atoms with E-state index in [1.165, 1.54) is 11.1 Å². The van der Waals surface area contributed by atoms with Crippen LogP contribution in [0.5, 0.6) is 0 Å². The number of fused-ring (bicyclic) bond motifs is 1. The smallest absolute Gasteiger partial charge is 0.315 e. The average molecular weight is 261 g/mol. The van der Waals surface area contributed by atoms with Gasteiger partial charge in [0.25, 0.3) is 0 Å². The molecule has 19 heavy (non-hydrogen) atoms. The molecule has 1 heterocycles. The van der Waals surface area contributed by atoms with Gasteiger partial charge in [0.1, 0.15) is 0 Å². The van der Waals surface area contributed by atoms with Crippen molar-refractivity contribution in [3.63, 3.8) is 0 Å². The van der Waals surface area contributed by atoms with Crippen LogP contribution in [0.1, 0.15) is 31.4 Å². The first kappa shape index (κ1) is 13.9. The number of hydrogen-bond acceptors (Lipinski definition) is 2. The molecule has 0 radical (unpaired) electrons. The lowest BCUT2D eigenvalue weighted by Gasteiger charge is -2.16. The summed E-state index contributed by atoms with van der Waals surface area (Å²) in [7, 11) is 0. The Hall–Kier alpha value is -1.55. The minimum atomic E-state index is -0.0638. The summed E-state index contributed by atoms with van der Waals surface area (Å²) in [6, 6.07) is 8.69. The fraction of sp³-hybridized carbons (Fsp3) is 0.533. The van der Waals surface area contributed by atoms with E-state index in [9.17, 15) is 4.79 Å². The zero-order chi connectivity index (χ0) is 13.7. The fourth-order valence-corrected chi connectivity index (χ4v) is 2.27. The van der Waals surface area contributed by atoms with E-state index in [2.05, 4.69) is 46.7 Å². The number of nitrogens with one attached hydrogen (secondary N) is 2. The van der Waals surface area contributed by atoms with Crippen molar-refractivity contribution < 1.29 is 4.79 Å². The van der Waals surface area contributed by atoms with Gasteiger partial charge >= 0.3 is 6.03 Å². The Bertz CT molecular complexity index is 408. The summed E-state index contributed by atoms with van der Waals surface area (Å²) in [5.41, 5.74) is 2.82. The molecule has 1 atom stereocenters. The molecule has 1 aromatic rings. The van der Waals surface area contributed by atoms with Crippen LogP contribution in [0.15, 0.2) is 24.3 Å². The molecule has 104 valence electrons. The zero-order valence-electron chi connectivity index (χ0n) is 11.8. The molecule has 0 unspecified atom stereocenters. The molecule has 0 aromatic heterocycles. The van der Waals surface area contributed by atoms with Crippen LogP contribution in [-0.4, -0.2) is 30.1 Å².